The Hall–Kier alpha value is -1.00. The van der Waals surface area contributed by atoms with E-state index in [0.29, 0.717) is 4.34 Å². The summed E-state index contributed by atoms with van der Waals surface area (Å²) in [7, 11) is 1.91. The van der Waals surface area contributed by atoms with Crippen molar-refractivity contribution in [1.29, 1.82) is 0 Å². The lowest BCUT2D eigenvalue weighted by molar-refractivity contribution is -0.718. The van der Waals surface area contributed by atoms with E-state index in [2.05, 4.69) is 17.2 Å². The molecule has 2 aromatic rings. The first-order chi connectivity index (χ1) is 6.27. The minimum Gasteiger partial charge on any atom is -0.402 e. The van der Waals surface area contributed by atoms with Crippen LogP contribution < -0.4 is 4.68 Å². The molecule has 0 unspecified atom stereocenters. The molecular formula is C9H8N2S2. The van der Waals surface area contributed by atoms with Crippen LogP contribution in [0.15, 0.2) is 34.7 Å². The average molecular weight is 208 g/mol. The van der Waals surface area contributed by atoms with Crippen LogP contribution in [0.3, 0.4) is 0 Å². The van der Waals surface area contributed by atoms with E-state index in [9.17, 15) is 0 Å². The second-order valence-electron chi connectivity index (χ2n) is 2.66. The SMILES string of the molecule is C[n+]1nc([S-])sc1-c1ccccc1. The molecule has 0 N–H and O–H groups in total. The van der Waals surface area contributed by atoms with Crippen LogP contribution in [0.25, 0.3) is 10.6 Å². The van der Waals surface area contributed by atoms with E-state index in [0.717, 1.165) is 5.01 Å². The summed E-state index contributed by atoms with van der Waals surface area (Å²) in [5, 5.41) is 5.24. The van der Waals surface area contributed by atoms with Gasteiger partial charge in [0.25, 0.3) is 0 Å². The zero-order valence-electron chi connectivity index (χ0n) is 7.10. The fourth-order valence-corrected chi connectivity index (χ4v) is 2.28. The highest BCUT2D eigenvalue weighted by Gasteiger charge is 2.07. The van der Waals surface area contributed by atoms with Crippen molar-refractivity contribution in [3.05, 3.63) is 30.3 Å². The maximum absolute atomic E-state index is 5.01. The third-order valence-electron chi connectivity index (χ3n) is 1.73. The van der Waals surface area contributed by atoms with Crippen LogP contribution in [0.2, 0.25) is 0 Å². The molecule has 0 amide bonds. The first kappa shape index (κ1) is 8.59. The quantitative estimate of drug-likeness (QED) is 0.522. The summed E-state index contributed by atoms with van der Waals surface area (Å²) in [6.45, 7) is 0. The topological polar surface area (TPSA) is 16.8 Å². The second-order valence-corrected chi connectivity index (χ2v) is 4.29. The maximum Gasteiger partial charge on any atom is 0.204 e. The van der Waals surface area contributed by atoms with Gasteiger partial charge in [-0.2, -0.15) is 0 Å². The summed E-state index contributed by atoms with van der Waals surface area (Å²) in [6.07, 6.45) is 0. The molecule has 66 valence electrons. The molecule has 1 aromatic heterocycles. The molecule has 4 heteroatoms. The normalized spacial score (nSPS) is 10.2. The maximum atomic E-state index is 5.01. The lowest BCUT2D eigenvalue weighted by Crippen LogP contribution is -2.31. The molecule has 13 heavy (non-hydrogen) atoms. The first-order valence-corrected chi connectivity index (χ1v) is 5.09. The van der Waals surface area contributed by atoms with E-state index < -0.39 is 0 Å². The molecular weight excluding hydrogens is 200 g/mol. The molecule has 1 aromatic carbocycles. The molecule has 0 fully saturated rings. The Bertz CT molecular complexity index is 409. The highest BCUT2D eigenvalue weighted by atomic mass is 32.2. The predicted molar refractivity (Wildman–Crippen MR) is 54.4 cm³/mol. The van der Waals surface area contributed by atoms with Gasteiger partial charge < -0.3 is 12.6 Å². The van der Waals surface area contributed by atoms with Crippen LogP contribution >= 0.6 is 11.3 Å². The molecule has 2 nitrogen and oxygen atoms in total. The Morgan fingerprint density at radius 1 is 1.31 bits per heavy atom. The molecule has 1 heterocycles. The molecule has 0 bridgehead atoms. The van der Waals surface area contributed by atoms with E-state index in [4.69, 9.17) is 12.6 Å². The fourth-order valence-electron chi connectivity index (χ4n) is 1.16. The summed E-state index contributed by atoms with van der Waals surface area (Å²) in [6, 6.07) is 10.1. The number of nitrogens with zero attached hydrogens (tertiary/aromatic N) is 2. The van der Waals surface area contributed by atoms with Gasteiger partial charge in [-0.1, -0.05) is 22.9 Å². The summed E-state index contributed by atoms with van der Waals surface area (Å²) in [5.74, 6) is 0. The molecule has 0 aliphatic rings. The minimum absolute atomic E-state index is 0.682. The fraction of sp³-hybridized carbons (Fsp3) is 0.111. The Morgan fingerprint density at radius 3 is 2.54 bits per heavy atom. The Morgan fingerprint density at radius 2 is 2.00 bits per heavy atom. The smallest absolute Gasteiger partial charge is 0.204 e. The number of hydrogen-bond donors (Lipinski definition) is 0. The molecule has 0 saturated heterocycles. The third-order valence-corrected chi connectivity index (χ3v) is 3.01. The summed E-state index contributed by atoms with van der Waals surface area (Å²) < 4.78 is 2.50. The van der Waals surface area contributed by atoms with E-state index in [1.54, 1.807) is 0 Å². The third kappa shape index (κ3) is 1.68. The zero-order chi connectivity index (χ0) is 9.26. The van der Waals surface area contributed by atoms with Gasteiger partial charge in [0.15, 0.2) is 7.05 Å². The molecule has 2 rings (SSSR count). The average Bonchev–Trinajstić information content (AvgIpc) is 2.47. The molecule has 0 radical (unpaired) electrons. The van der Waals surface area contributed by atoms with Gasteiger partial charge in [0.05, 0.1) is 0 Å². The lowest BCUT2D eigenvalue weighted by atomic mass is 10.2. The van der Waals surface area contributed by atoms with Gasteiger partial charge in [-0.25, -0.2) is 0 Å². The Balaban J connectivity index is 2.53. The van der Waals surface area contributed by atoms with Crippen molar-refractivity contribution in [3.63, 3.8) is 0 Å². The second kappa shape index (κ2) is 3.40. The van der Waals surface area contributed by atoms with Crippen molar-refractivity contribution in [2.75, 3.05) is 0 Å². The van der Waals surface area contributed by atoms with Crippen molar-refractivity contribution in [2.45, 2.75) is 4.34 Å². The molecule has 0 atom stereocenters. The van der Waals surface area contributed by atoms with Crippen LogP contribution in [0, 0.1) is 0 Å². The van der Waals surface area contributed by atoms with Crippen molar-refractivity contribution >= 4 is 24.0 Å². The van der Waals surface area contributed by atoms with E-state index >= 15 is 0 Å². The van der Waals surface area contributed by atoms with E-state index in [-0.39, 0.29) is 0 Å². The van der Waals surface area contributed by atoms with Crippen LogP contribution in [0.1, 0.15) is 0 Å². The number of aryl methyl sites for hydroxylation is 1. The molecule has 0 saturated carbocycles. The lowest BCUT2D eigenvalue weighted by Gasteiger charge is -1.93. The first-order valence-electron chi connectivity index (χ1n) is 3.87. The minimum atomic E-state index is 0.682. The highest BCUT2D eigenvalue weighted by molar-refractivity contribution is 7.62. The number of rotatable bonds is 1. The summed E-state index contributed by atoms with van der Waals surface area (Å²) in [5.41, 5.74) is 1.17. The monoisotopic (exact) mass is 208 g/mol. The number of aromatic nitrogens is 2. The molecule has 0 aliphatic heterocycles. The van der Waals surface area contributed by atoms with Crippen LogP contribution in [0.5, 0.6) is 0 Å². The zero-order valence-corrected chi connectivity index (χ0v) is 8.73. The summed E-state index contributed by atoms with van der Waals surface area (Å²) >= 11 is 6.54. The van der Waals surface area contributed by atoms with Crippen molar-refractivity contribution in [1.82, 2.24) is 5.10 Å². The van der Waals surface area contributed by atoms with Gasteiger partial charge in [-0.05, 0) is 17.2 Å². The predicted octanol–water partition coefficient (Wildman–Crippen LogP) is 1.54. The standard InChI is InChI=1S/C9H8N2S2/c1-11-8(13-9(12)10-11)7-5-3-2-4-6-7/h2-6H,1H3. The van der Waals surface area contributed by atoms with E-state index in [1.807, 2.05) is 29.9 Å². The van der Waals surface area contributed by atoms with Crippen LogP contribution in [-0.2, 0) is 19.7 Å². The molecule has 0 aliphatic carbocycles. The van der Waals surface area contributed by atoms with Gasteiger partial charge >= 0.3 is 0 Å². The van der Waals surface area contributed by atoms with Gasteiger partial charge in [0.2, 0.25) is 5.01 Å². The molecule has 0 spiro atoms. The van der Waals surface area contributed by atoms with Crippen molar-refractivity contribution < 1.29 is 4.68 Å². The van der Waals surface area contributed by atoms with E-state index in [1.165, 1.54) is 16.9 Å². The van der Waals surface area contributed by atoms with Crippen molar-refractivity contribution in [2.24, 2.45) is 7.05 Å². The van der Waals surface area contributed by atoms with Gasteiger partial charge in [-0.3, -0.25) is 11.3 Å². The van der Waals surface area contributed by atoms with Gasteiger partial charge in [0, 0.05) is 9.90 Å². The largest absolute Gasteiger partial charge is 0.402 e. The van der Waals surface area contributed by atoms with Crippen LogP contribution in [0.4, 0.5) is 0 Å². The van der Waals surface area contributed by atoms with Gasteiger partial charge in [0.1, 0.15) is 0 Å². The Kier molecular flexibility index (Phi) is 2.24. The highest BCUT2D eigenvalue weighted by Crippen LogP contribution is 2.20. The summed E-state index contributed by atoms with van der Waals surface area (Å²) in [4.78, 5) is 0. The Labute approximate surface area is 86.3 Å². The van der Waals surface area contributed by atoms with Crippen LogP contribution in [-0.4, -0.2) is 5.10 Å². The number of benzene rings is 1. The van der Waals surface area contributed by atoms with Crippen molar-refractivity contribution in [3.8, 4) is 10.6 Å². The number of hydrogen-bond acceptors (Lipinski definition) is 3. The van der Waals surface area contributed by atoms with Gasteiger partial charge in [-0.15, -0.1) is 0 Å².